The van der Waals surface area contributed by atoms with Crippen LogP contribution in [0.2, 0.25) is 0 Å². The average Bonchev–Trinajstić information content (AvgIpc) is 2.08. The van der Waals surface area contributed by atoms with Crippen molar-refractivity contribution in [2.24, 2.45) is 5.92 Å². The predicted molar refractivity (Wildman–Crippen MR) is 62.9 cm³/mol. The summed E-state index contributed by atoms with van der Waals surface area (Å²) in [6, 6.07) is -0.304. The maximum atomic E-state index is 11.5. The first-order valence-corrected chi connectivity index (χ1v) is 5.35. The zero-order chi connectivity index (χ0) is 12.8. The van der Waals surface area contributed by atoms with E-state index < -0.39 is 11.7 Å². The quantitative estimate of drug-likeness (QED) is 0.703. The molecule has 92 valence electrons. The van der Waals surface area contributed by atoms with E-state index in [0.29, 0.717) is 0 Å². The summed E-state index contributed by atoms with van der Waals surface area (Å²) in [5.41, 5.74) is -0.518. The van der Waals surface area contributed by atoms with Crippen LogP contribution >= 0.6 is 0 Å². The molecule has 0 saturated carbocycles. The Bertz CT molecular complexity index is 281. The molecule has 0 aromatic rings. The average molecular weight is 227 g/mol. The van der Waals surface area contributed by atoms with Crippen molar-refractivity contribution < 1.29 is 14.6 Å². The molecular weight excluding hydrogens is 206 g/mol. The number of aliphatic hydroxyl groups excluding tert-OH is 1. The first kappa shape index (κ1) is 14.8. The van der Waals surface area contributed by atoms with Gasteiger partial charge in [0, 0.05) is 0 Å². The Hall–Kier alpha value is -1.21. The van der Waals surface area contributed by atoms with E-state index in [-0.39, 0.29) is 18.6 Å². The number of rotatable bonds is 2. The van der Waals surface area contributed by atoms with Crippen molar-refractivity contribution in [1.29, 1.82) is 0 Å². The molecule has 0 spiro atoms. The molecule has 0 saturated heterocycles. The standard InChI is InChI=1S/C12H21NO3/c1-9(2)10(7-6-8-14)13-11(15)16-12(3,4)5/h9-10,14H,8H2,1-5H3,(H,13,15)/t10-/m1/s1. The normalized spacial score (nSPS) is 12.7. The lowest BCUT2D eigenvalue weighted by Crippen LogP contribution is -2.41. The van der Waals surface area contributed by atoms with Crippen molar-refractivity contribution in [2.45, 2.75) is 46.3 Å². The van der Waals surface area contributed by atoms with E-state index in [1.54, 1.807) is 20.8 Å². The lowest BCUT2D eigenvalue weighted by Gasteiger charge is -2.23. The van der Waals surface area contributed by atoms with Gasteiger partial charge in [0.05, 0.1) is 6.04 Å². The molecule has 0 rings (SSSR count). The van der Waals surface area contributed by atoms with Crippen molar-refractivity contribution in [2.75, 3.05) is 6.61 Å². The number of alkyl carbamates (subject to hydrolysis) is 1. The molecule has 2 N–H and O–H groups in total. The minimum atomic E-state index is -0.518. The Morgan fingerprint density at radius 2 is 2.00 bits per heavy atom. The Kier molecular flexibility index (Phi) is 5.91. The van der Waals surface area contributed by atoms with Gasteiger partial charge >= 0.3 is 6.09 Å². The van der Waals surface area contributed by atoms with Gasteiger partial charge in [0.1, 0.15) is 12.2 Å². The van der Waals surface area contributed by atoms with Gasteiger partial charge in [0.2, 0.25) is 0 Å². The van der Waals surface area contributed by atoms with E-state index in [1.807, 2.05) is 13.8 Å². The lowest BCUT2D eigenvalue weighted by molar-refractivity contribution is 0.0506. The van der Waals surface area contributed by atoms with Crippen LogP contribution in [0, 0.1) is 17.8 Å². The fraction of sp³-hybridized carbons (Fsp3) is 0.750. The second kappa shape index (κ2) is 6.39. The van der Waals surface area contributed by atoms with E-state index >= 15 is 0 Å². The second-order valence-corrected chi connectivity index (χ2v) is 4.85. The van der Waals surface area contributed by atoms with Crippen molar-refractivity contribution in [3.05, 3.63) is 0 Å². The van der Waals surface area contributed by atoms with Crippen molar-refractivity contribution in [3.8, 4) is 11.8 Å². The number of aliphatic hydroxyl groups is 1. The van der Waals surface area contributed by atoms with Gasteiger partial charge in [0.15, 0.2) is 0 Å². The monoisotopic (exact) mass is 227 g/mol. The van der Waals surface area contributed by atoms with Gasteiger partial charge in [-0.25, -0.2) is 4.79 Å². The SMILES string of the molecule is CC(C)[C@@H](C#CCO)NC(=O)OC(C)(C)C. The summed E-state index contributed by atoms with van der Waals surface area (Å²) in [6.45, 7) is 9.07. The highest BCUT2D eigenvalue weighted by Crippen LogP contribution is 2.08. The summed E-state index contributed by atoms with van der Waals surface area (Å²) < 4.78 is 5.12. The van der Waals surface area contributed by atoms with E-state index in [9.17, 15) is 4.79 Å². The summed E-state index contributed by atoms with van der Waals surface area (Å²) in [6.07, 6.45) is -0.488. The molecule has 16 heavy (non-hydrogen) atoms. The summed E-state index contributed by atoms with van der Waals surface area (Å²) in [5, 5.41) is 11.3. The molecule has 4 nitrogen and oxygen atoms in total. The summed E-state index contributed by atoms with van der Waals surface area (Å²) in [5.74, 6) is 5.47. The van der Waals surface area contributed by atoms with Crippen LogP contribution in [0.25, 0.3) is 0 Å². The molecule has 0 fully saturated rings. The van der Waals surface area contributed by atoms with E-state index in [1.165, 1.54) is 0 Å². The Balaban J connectivity index is 4.36. The number of nitrogens with one attached hydrogen (secondary N) is 1. The van der Waals surface area contributed by atoms with E-state index in [0.717, 1.165) is 0 Å². The van der Waals surface area contributed by atoms with Gasteiger partial charge in [0.25, 0.3) is 0 Å². The number of hydrogen-bond acceptors (Lipinski definition) is 3. The van der Waals surface area contributed by atoms with Gasteiger partial charge in [-0.05, 0) is 26.7 Å². The van der Waals surface area contributed by atoms with E-state index in [4.69, 9.17) is 9.84 Å². The fourth-order valence-electron chi connectivity index (χ4n) is 0.960. The van der Waals surface area contributed by atoms with Gasteiger partial charge in [-0.2, -0.15) is 0 Å². The van der Waals surface area contributed by atoms with Crippen molar-refractivity contribution >= 4 is 6.09 Å². The topological polar surface area (TPSA) is 58.6 Å². The zero-order valence-electron chi connectivity index (χ0n) is 10.6. The third-order valence-corrected chi connectivity index (χ3v) is 1.68. The molecular formula is C12H21NO3. The highest BCUT2D eigenvalue weighted by atomic mass is 16.6. The molecule has 0 heterocycles. The molecule has 0 unspecified atom stereocenters. The maximum absolute atomic E-state index is 11.5. The van der Waals surface area contributed by atoms with Gasteiger partial charge in [-0.3, -0.25) is 0 Å². The predicted octanol–water partition coefficient (Wildman–Crippen LogP) is 1.53. The second-order valence-electron chi connectivity index (χ2n) is 4.85. The van der Waals surface area contributed by atoms with Crippen LogP contribution in [-0.4, -0.2) is 29.4 Å². The van der Waals surface area contributed by atoms with E-state index in [2.05, 4.69) is 17.2 Å². The molecule has 1 amide bonds. The number of amides is 1. The Morgan fingerprint density at radius 1 is 1.44 bits per heavy atom. The summed E-state index contributed by atoms with van der Waals surface area (Å²) in [4.78, 5) is 11.5. The first-order valence-electron chi connectivity index (χ1n) is 5.35. The van der Waals surface area contributed by atoms with Crippen LogP contribution in [0.4, 0.5) is 4.79 Å². The lowest BCUT2D eigenvalue weighted by atomic mass is 10.1. The van der Waals surface area contributed by atoms with Crippen molar-refractivity contribution in [1.82, 2.24) is 5.32 Å². The molecule has 0 bridgehead atoms. The molecule has 0 aromatic heterocycles. The van der Waals surface area contributed by atoms with Crippen LogP contribution < -0.4 is 5.32 Å². The molecule has 0 aromatic carbocycles. The summed E-state index contributed by atoms with van der Waals surface area (Å²) >= 11 is 0. The maximum Gasteiger partial charge on any atom is 0.408 e. The van der Waals surface area contributed by atoms with Crippen LogP contribution in [0.5, 0.6) is 0 Å². The van der Waals surface area contributed by atoms with Gasteiger partial charge < -0.3 is 15.2 Å². The first-order chi connectivity index (χ1) is 7.26. The number of ether oxygens (including phenoxy) is 1. The number of hydrogen-bond donors (Lipinski definition) is 2. The van der Waals surface area contributed by atoms with Crippen molar-refractivity contribution in [3.63, 3.8) is 0 Å². The molecule has 0 radical (unpaired) electrons. The Morgan fingerprint density at radius 3 is 2.38 bits per heavy atom. The molecule has 1 atom stereocenters. The summed E-state index contributed by atoms with van der Waals surface area (Å²) in [7, 11) is 0. The number of carbonyl (C=O) groups excluding carboxylic acids is 1. The molecule has 0 aliphatic carbocycles. The minimum absolute atomic E-state index is 0.159. The third kappa shape index (κ3) is 7.13. The molecule has 0 aliphatic rings. The van der Waals surface area contributed by atoms with Crippen LogP contribution in [0.15, 0.2) is 0 Å². The van der Waals surface area contributed by atoms with Crippen LogP contribution in [-0.2, 0) is 4.74 Å². The fourth-order valence-corrected chi connectivity index (χ4v) is 0.960. The van der Waals surface area contributed by atoms with Crippen LogP contribution in [0.3, 0.4) is 0 Å². The molecule has 4 heteroatoms. The third-order valence-electron chi connectivity index (χ3n) is 1.68. The minimum Gasteiger partial charge on any atom is -0.444 e. The largest absolute Gasteiger partial charge is 0.444 e. The zero-order valence-corrected chi connectivity index (χ0v) is 10.6. The highest BCUT2D eigenvalue weighted by Gasteiger charge is 2.19. The smallest absolute Gasteiger partial charge is 0.408 e. The number of carbonyl (C=O) groups is 1. The van der Waals surface area contributed by atoms with Gasteiger partial charge in [-0.15, -0.1) is 0 Å². The van der Waals surface area contributed by atoms with Crippen LogP contribution in [0.1, 0.15) is 34.6 Å². The highest BCUT2D eigenvalue weighted by molar-refractivity contribution is 5.68. The van der Waals surface area contributed by atoms with Gasteiger partial charge in [-0.1, -0.05) is 25.7 Å². The Labute approximate surface area is 97.4 Å². The molecule has 0 aliphatic heterocycles.